The normalized spacial score (nSPS) is 11.7. The average Bonchev–Trinajstić information content (AvgIpc) is 2.25. The van der Waals surface area contributed by atoms with Crippen LogP contribution in [0.2, 0.25) is 0 Å². The lowest BCUT2D eigenvalue weighted by atomic mass is 10.3. The van der Waals surface area contributed by atoms with Gasteiger partial charge in [0.05, 0.1) is 6.61 Å². The SMILES string of the molecule is C=CCOC(Oc1ccccc1)C(=O)O. The van der Waals surface area contributed by atoms with Crippen molar-refractivity contribution in [3.63, 3.8) is 0 Å². The Hall–Kier alpha value is -1.81. The second-order valence-electron chi connectivity index (χ2n) is 2.72. The molecule has 0 amide bonds. The van der Waals surface area contributed by atoms with Crippen LogP contribution >= 0.6 is 0 Å². The van der Waals surface area contributed by atoms with Gasteiger partial charge in [-0.15, -0.1) is 6.58 Å². The molecule has 1 unspecified atom stereocenters. The Balaban J connectivity index is 2.58. The van der Waals surface area contributed by atoms with E-state index in [4.69, 9.17) is 14.6 Å². The zero-order chi connectivity index (χ0) is 11.1. The van der Waals surface area contributed by atoms with E-state index in [-0.39, 0.29) is 6.61 Å². The molecule has 0 radical (unpaired) electrons. The van der Waals surface area contributed by atoms with Crippen LogP contribution in [0.3, 0.4) is 0 Å². The molecule has 0 saturated carbocycles. The van der Waals surface area contributed by atoms with Crippen molar-refractivity contribution in [1.82, 2.24) is 0 Å². The van der Waals surface area contributed by atoms with Gasteiger partial charge in [0.2, 0.25) is 0 Å². The predicted molar refractivity (Wildman–Crippen MR) is 54.6 cm³/mol. The number of hydrogen-bond donors (Lipinski definition) is 1. The van der Waals surface area contributed by atoms with Crippen LogP contribution in [0.15, 0.2) is 43.0 Å². The summed E-state index contributed by atoms with van der Waals surface area (Å²) in [4.78, 5) is 10.7. The summed E-state index contributed by atoms with van der Waals surface area (Å²) < 4.78 is 10.0. The third kappa shape index (κ3) is 3.83. The Morgan fingerprint density at radius 2 is 2.13 bits per heavy atom. The van der Waals surface area contributed by atoms with Gasteiger partial charge in [-0.1, -0.05) is 24.3 Å². The summed E-state index contributed by atoms with van der Waals surface area (Å²) in [6, 6.07) is 8.64. The molecule has 0 heterocycles. The summed E-state index contributed by atoms with van der Waals surface area (Å²) in [5.41, 5.74) is 0. The monoisotopic (exact) mass is 208 g/mol. The first-order valence-corrected chi connectivity index (χ1v) is 4.41. The number of hydrogen-bond acceptors (Lipinski definition) is 3. The molecular weight excluding hydrogens is 196 g/mol. The molecule has 4 heteroatoms. The summed E-state index contributed by atoms with van der Waals surface area (Å²) in [7, 11) is 0. The van der Waals surface area contributed by atoms with Gasteiger partial charge in [-0.25, -0.2) is 4.79 Å². The minimum absolute atomic E-state index is 0.129. The molecule has 0 aliphatic carbocycles. The van der Waals surface area contributed by atoms with Crippen LogP contribution in [0, 0.1) is 0 Å². The number of carbonyl (C=O) groups is 1. The fraction of sp³-hybridized carbons (Fsp3) is 0.182. The van der Waals surface area contributed by atoms with E-state index in [0.29, 0.717) is 5.75 Å². The summed E-state index contributed by atoms with van der Waals surface area (Å²) in [5.74, 6) is -0.713. The minimum Gasteiger partial charge on any atom is -0.477 e. The zero-order valence-electron chi connectivity index (χ0n) is 8.13. The Morgan fingerprint density at radius 3 is 2.67 bits per heavy atom. The fourth-order valence-electron chi connectivity index (χ4n) is 0.934. The number of para-hydroxylation sites is 1. The van der Waals surface area contributed by atoms with Crippen LogP contribution in [0.5, 0.6) is 5.75 Å². The van der Waals surface area contributed by atoms with Gasteiger partial charge in [-0.05, 0) is 12.1 Å². The zero-order valence-corrected chi connectivity index (χ0v) is 8.13. The molecule has 15 heavy (non-hydrogen) atoms. The van der Waals surface area contributed by atoms with Crippen molar-refractivity contribution in [1.29, 1.82) is 0 Å². The molecule has 0 fully saturated rings. The second-order valence-corrected chi connectivity index (χ2v) is 2.72. The highest BCUT2D eigenvalue weighted by Gasteiger charge is 2.19. The van der Waals surface area contributed by atoms with Crippen LogP contribution in [0.4, 0.5) is 0 Å². The lowest BCUT2D eigenvalue weighted by molar-refractivity contribution is -0.169. The number of ether oxygens (including phenoxy) is 2. The summed E-state index contributed by atoms with van der Waals surface area (Å²) in [6.45, 7) is 3.55. The van der Waals surface area contributed by atoms with Gasteiger partial charge in [-0.2, -0.15) is 0 Å². The van der Waals surface area contributed by atoms with Crippen LogP contribution in [0.25, 0.3) is 0 Å². The highest BCUT2D eigenvalue weighted by molar-refractivity contribution is 5.71. The standard InChI is InChI=1S/C11H12O4/c1-2-8-14-11(10(12)13)15-9-6-4-3-5-7-9/h2-7,11H,1,8H2,(H,12,13). The van der Waals surface area contributed by atoms with Gasteiger partial charge in [0.15, 0.2) is 0 Å². The van der Waals surface area contributed by atoms with Crippen molar-refractivity contribution in [3.05, 3.63) is 43.0 Å². The Kier molecular flexibility index (Phi) is 4.37. The molecule has 1 atom stereocenters. The summed E-state index contributed by atoms with van der Waals surface area (Å²) in [5, 5.41) is 8.78. The van der Waals surface area contributed by atoms with Crippen LogP contribution in [0.1, 0.15) is 0 Å². The maximum atomic E-state index is 10.7. The van der Waals surface area contributed by atoms with Gasteiger partial charge < -0.3 is 14.6 Å². The van der Waals surface area contributed by atoms with E-state index in [1.807, 2.05) is 6.07 Å². The first kappa shape index (κ1) is 11.3. The highest BCUT2D eigenvalue weighted by atomic mass is 16.7. The molecular formula is C11H12O4. The van der Waals surface area contributed by atoms with Crippen molar-refractivity contribution >= 4 is 5.97 Å². The Morgan fingerprint density at radius 1 is 1.47 bits per heavy atom. The van der Waals surface area contributed by atoms with Crippen LogP contribution in [-0.2, 0) is 9.53 Å². The largest absolute Gasteiger partial charge is 0.477 e. The molecule has 1 N–H and O–H groups in total. The molecule has 0 aliphatic heterocycles. The number of carboxylic acids is 1. The molecule has 0 aliphatic rings. The van der Waals surface area contributed by atoms with Crippen molar-refractivity contribution < 1.29 is 19.4 Å². The summed E-state index contributed by atoms with van der Waals surface area (Å²) >= 11 is 0. The number of benzene rings is 1. The molecule has 4 nitrogen and oxygen atoms in total. The van der Waals surface area contributed by atoms with Crippen LogP contribution < -0.4 is 4.74 Å². The lowest BCUT2D eigenvalue weighted by Crippen LogP contribution is -2.30. The lowest BCUT2D eigenvalue weighted by Gasteiger charge is -2.14. The van der Waals surface area contributed by atoms with Crippen molar-refractivity contribution in [2.45, 2.75) is 6.29 Å². The Labute approximate surface area is 87.7 Å². The molecule has 0 saturated heterocycles. The molecule has 1 aromatic carbocycles. The molecule has 80 valence electrons. The van der Waals surface area contributed by atoms with Gasteiger partial charge in [0.25, 0.3) is 6.29 Å². The number of carboxylic acid groups (broad SMARTS) is 1. The molecule has 1 aromatic rings. The third-order valence-electron chi connectivity index (χ3n) is 1.55. The van der Waals surface area contributed by atoms with Crippen molar-refractivity contribution in [3.8, 4) is 5.75 Å². The van der Waals surface area contributed by atoms with E-state index in [1.165, 1.54) is 6.08 Å². The molecule has 0 aromatic heterocycles. The number of rotatable bonds is 6. The summed E-state index contributed by atoms with van der Waals surface area (Å²) in [6.07, 6.45) is 0.162. The molecule has 0 spiro atoms. The van der Waals surface area contributed by atoms with E-state index in [2.05, 4.69) is 6.58 Å². The van der Waals surface area contributed by atoms with E-state index < -0.39 is 12.3 Å². The van der Waals surface area contributed by atoms with Crippen LogP contribution in [-0.4, -0.2) is 24.0 Å². The fourth-order valence-corrected chi connectivity index (χ4v) is 0.934. The van der Waals surface area contributed by atoms with Crippen molar-refractivity contribution in [2.75, 3.05) is 6.61 Å². The van der Waals surface area contributed by atoms with E-state index in [0.717, 1.165) is 0 Å². The first-order chi connectivity index (χ1) is 7.24. The maximum Gasteiger partial charge on any atom is 0.373 e. The topological polar surface area (TPSA) is 55.8 Å². The van der Waals surface area contributed by atoms with E-state index in [1.54, 1.807) is 24.3 Å². The second kappa shape index (κ2) is 5.82. The highest BCUT2D eigenvalue weighted by Crippen LogP contribution is 2.11. The Bertz CT molecular complexity index is 321. The smallest absolute Gasteiger partial charge is 0.373 e. The van der Waals surface area contributed by atoms with Crippen molar-refractivity contribution in [2.24, 2.45) is 0 Å². The third-order valence-corrected chi connectivity index (χ3v) is 1.55. The first-order valence-electron chi connectivity index (χ1n) is 4.41. The van der Waals surface area contributed by atoms with Gasteiger partial charge in [0, 0.05) is 0 Å². The van der Waals surface area contributed by atoms with Gasteiger partial charge >= 0.3 is 5.97 Å². The minimum atomic E-state index is -1.30. The van der Waals surface area contributed by atoms with Gasteiger partial charge in [-0.3, -0.25) is 0 Å². The number of aliphatic carboxylic acids is 1. The molecule has 0 bridgehead atoms. The molecule has 1 rings (SSSR count). The maximum absolute atomic E-state index is 10.7. The van der Waals surface area contributed by atoms with E-state index >= 15 is 0 Å². The average molecular weight is 208 g/mol. The predicted octanol–water partition coefficient (Wildman–Crippen LogP) is 1.68. The van der Waals surface area contributed by atoms with E-state index in [9.17, 15) is 4.79 Å². The van der Waals surface area contributed by atoms with Gasteiger partial charge in [0.1, 0.15) is 5.75 Å². The quantitative estimate of drug-likeness (QED) is 0.570.